The van der Waals surface area contributed by atoms with Crippen molar-refractivity contribution >= 4 is 11.3 Å². The van der Waals surface area contributed by atoms with Crippen LogP contribution in [0.4, 0.5) is 8.78 Å². The molecule has 2 aromatic heterocycles. The third-order valence-corrected chi connectivity index (χ3v) is 5.21. The van der Waals surface area contributed by atoms with Gasteiger partial charge in [0.1, 0.15) is 5.82 Å². The molecular formula is C15H21F2N5S. The normalized spacial score (nSPS) is 17.3. The molecule has 126 valence electrons. The maximum Gasteiger partial charge on any atom is 0.319 e. The number of nitrogens with zero attached hydrogens (tertiary/aromatic N) is 5. The van der Waals surface area contributed by atoms with Crippen LogP contribution in [0.25, 0.3) is 0 Å². The molecule has 2 aromatic rings. The van der Waals surface area contributed by atoms with Crippen molar-refractivity contribution in [3.63, 3.8) is 0 Å². The minimum Gasteiger partial charge on any atom is -0.296 e. The number of aromatic nitrogens is 3. The Morgan fingerprint density at radius 2 is 1.78 bits per heavy atom. The van der Waals surface area contributed by atoms with Crippen molar-refractivity contribution in [1.29, 1.82) is 0 Å². The second-order valence-electron chi connectivity index (χ2n) is 5.82. The largest absolute Gasteiger partial charge is 0.319 e. The molecule has 0 atom stereocenters. The van der Waals surface area contributed by atoms with Gasteiger partial charge >= 0.3 is 6.55 Å². The Bertz CT molecular complexity index is 646. The number of hydrogen-bond donors (Lipinski definition) is 0. The summed E-state index contributed by atoms with van der Waals surface area (Å²) in [5.41, 5.74) is 1.12. The lowest BCUT2D eigenvalue weighted by atomic mass is 10.3. The highest BCUT2D eigenvalue weighted by Crippen LogP contribution is 2.20. The quantitative estimate of drug-likeness (QED) is 0.838. The molecule has 23 heavy (non-hydrogen) atoms. The van der Waals surface area contributed by atoms with E-state index >= 15 is 0 Å². The summed E-state index contributed by atoms with van der Waals surface area (Å²) in [5.74, 6) is 0.433. The summed E-state index contributed by atoms with van der Waals surface area (Å²) in [5, 5.41) is 1.11. The first-order chi connectivity index (χ1) is 11.0. The van der Waals surface area contributed by atoms with E-state index in [0.717, 1.165) is 48.0 Å². The Balaban J connectivity index is 1.52. The van der Waals surface area contributed by atoms with Gasteiger partial charge in [-0.25, -0.2) is 9.97 Å². The van der Waals surface area contributed by atoms with Crippen molar-refractivity contribution in [2.24, 2.45) is 0 Å². The number of hydrogen-bond acceptors (Lipinski definition) is 5. The predicted molar refractivity (Wildman–Crippen MR) is 85.6 cm³/mol. The second kappa shape index (κ2) is 7.02. The van der Waals surface area contributed by atoms with E-state index in [0.29, 0.717) is 12.4 Å². The number of imidazole rings is 1. The van der Waals surface area contributed by atoms with Gasteiger partial charge in [-0.2, -0.15) is 8.78 Å². The first-order valence-electron chi connectivity index (χ1n) is 7.70. The van der Waals surface area contributed by atoms with Crippen LogP contribution in [0.3, 0.4) is 0 Å². The third-order valence-electron chi connectivity index (χ3n) is 4.16. The first kappa shape index (κ1) is 16.5. The minimum absolute atomic E-state index is 0.433. The van der Waals surface area contributed by atoms with Crippen molar-refractivity contribution < 1.29 is 8.78 Å². The van der Waals surface area contributed by atoms with Crippen molar-refractivity contribution in [2.75, 3.05) is 26.2 Å². The summed E-state index contributed by atoms with van der Waals surface area (Å²) in [6, 6.07) is 0. The van der Waals surface area contributed by atoms with Gasteiger partial charge in [-0.15, -0.1) is 11.3 Å². The summed E-state index contributed by atoms with van der Waals surface area (Å²) >= 11 is 1.75. The highest BCUT2D eigenvalue weighted by molar-refractivity contribution is 7.11. The average Bonchev–Trinajstić information content (AvgIpc) is 3.08. The molecule has 0 spiro atoms. The number of thiazole rings is 1. The molecule has 0 aromatic carbocycles. The Hall–Kier alpha value is -1.38. The summed E-state index contributed by atoms with van der Waals surface area (Å²) in [4.78, 5) is 14.4. The van der Waals surface area contributed by atoms with Gasteiger partial charge < -0.3 is 0 Å². The fourth-order valence-electron chi connectivity index (χ4n) is 2.87. The first-order valence-corrected chi connectivity index (χ1v) is 8.52. The molecular weight excluding hydrogens is 320 g/mol. The van der Waals surface area contributed by atoms with E-state index in [2.05, 4.69) is 26.7 Å². The van der Waals surface area contributed by atoms with Gasteiger partial charge in [0.2, 0.25) is 0 Å². The smallest absolute Gasteiger partial charge is 0.296 e. The average molecular weight is 341 g/mol. The molecule has 0 saturated carbocycles. The van der Waals surface area contributed by atoms with Crippen molar-refractivity contribution in [2.45, 2.75) is 33.5 Å². The number of piperazine rings is 1. The fraction of sp³-hybridized carbons (Fsp3) is 0.600. The van der Waals surface area contributed by atoms with Crippen LogP contribution >= 0.6 is 11.3 Å². The van der Waals surface area contributed by atoms with Crippen LogP contribution in [-0.4, -0.2) is 50.5 Å². The third kappa shape index (κ3) is 3.94. The van der Waals surface area contributed by atoms with Crippen LogP contribution < -0.4 is 0 Å². The van der Waals surface area contributed by atoms with Crippen LogP contribution in [0.5, 0.6) is 0 Å². The van der Waals surface area contributed by atoms with Gasteiger partial charge in [-0.1, -0.05) is 0 Å². The van der Waals surface area contributed by atoms with Gasteiger partial charge in [-0.05, 0) is 13.8 Å². The molecule has 1 aliphatic rings. The molecule has 5 nitrogen and oxygen atoms in total. The van der Waals surface area contributed by atoms with E-state index in [9.17, 15) is 8.78 Å². The molecule has 1 aliphatic heterocycles. The Kier molecular flexibility index (Phi) is 5.03. The van der Waals surface area contributed by atoms with Gasteiger partial charge in [0.25, 0.3) is 0 Å². The van der Waals surface area contributed by atoms with Crippen LogP contribution in [0.2, 0.25) is 0 Å². The van der Waals surface area contributed by atoms with Crippen LogP contribution in [-0.2, 0) is 13.1 Å². The monoisotopic (exact) mass is 341 g/mol. The highest BCUT2D eigenvalue weighted by atomic mass is 32.1. The van der Waals surface area contributed by atoms with E-state index in [-0.39, 0.29) is 0 Å². The van der Waals surface area contributed by atoms with Crippen molar-refractivity contribution in [1.82, 2.24) is 24.3 Å². The zero-order chi connectivity index (χ0) is 16.4. The number of rotatable bonds is 5. The van der Waals surface area contributed by atoms with Crippen LogP contribution in [0.1, 0.15) is 28.0 Å². The maximum absolute atomic E-state index is 12.9. The van der Waals surface area contributed by atoms with Crippen LogP contribution in [0.15, 0.2) is 12.4 Å². The summed E-state index contributed by atoms with van der Waals surface area (Å²) in [7, 11) is 0. The van der Waals surface area contributed by atoms with Crippen molar-refractivity contribution in [3.8, 4) is 0 Å². The minimum atomic E-state index is -2.52. The highest BCUT2D eigenvalue weighted by Gasteiger charge is 2.21. The Morgan fingerprint density at radius 3 is 2.35 bits per heavy atom. The van der Waals surface area contributed by atoms with E-state index in [1.807, 2.05) is 6.92 Å². The van der Waals surface area contributed by atoms with Gasteiger partial charge in [-0.3, -0.25) is 14.4 Å². The fourth-order valence-corrected chi connectivity index (χ4v) is 3.85. The summed E-state index contributed by atoms with van der Waals surface area (Å²) < 4.78 is 26.6. The predicted octanol–water partition coefficient (Wildman–Crippen LogP) is 2.67. The van der Waals surface area contributed by atoms with E-state index in [1.165, 1.54) is 17.3 Å². The van der Waals surface area contributed by atoms with E-state index in [4.69, 9.17) is 0 Å². The molecule has 3 rings (SSSR count). The van der Waals surface area contributed by atoms with Crippen LogP contribution in [0, 0.1) is 13.8 Å². The lowest BCUT2D eigenvalue weighted by molar-refractivity contribution is 0.0603. The molecule has 1 fully saturated rings. The summed E-state index contributed by atoms with van der Waals surface area (Å²) in [6.07, 6.45) is 2.78. The number of alkyl halides is 2. The van der Waals surface area contributed by atoms with E-state index in [1.54, 1.807) is 11.3 Å². The van der Waals surface area contributed by atoms with Gasteiger partial charge in [0.05, 0.1) is 17.2 Å². The summed E-state index contributed by atoms with van der Waals surface area (Å²) in [6.45, 7) is 6.58. The molecule has 0 amide bonds. The van der Waals surface area contributed by atoms with E-state index < -0.39 is 6.55 Å². The topological polar surface area (TPSA) is 37.2 Å². The molecule has 3 heterocycles. The molecule has 0 N–H and O–H groups in total. The zero-order valence-electron chi connectivity index (χ0n) is 13.4. The maximum atomic E-state index is 12.9. The second-order valence-corrected chi connectivity index (χ2v) is 7.11. The standard InChI is InChI=1S/C15H21F2N5S/c1-11-13(23-12(2)19-11)9-20-5-7-21(8-6-20)10-14-18-3-4-22(14)15(16)17/h3-4,15H,5-10H2,1-2H3. The molecule has 0 radical (unpaired) electrons. The zero-order valence-corrected chi connectivity index (χ0v) is 14.2. The van der Waals surface area contributed by atoms with Crippen molar-refractivity contribution in [3.05, 3.63) is 33.8 Å². The van der Waals surface area contributed by atoms with Gasteiger partial charge in [0, 0.05) is 50.0 Å². The molecule has 0 unspecified atom stereocenters. The lowest BCUT2D eigenvalue weighted by Crippen LogP contribution is -2.45. The molecule has 8 heteroatoms. The van der Waals surface area contributed by atoms with Gasteiger partial charge in [0.15, 0.2) is 0 Å². The molecule has 1 saturated heterocycles. The Morgan fingerprint density at radius 1 is 1.13 bits per heavy atom. The number of aryl methyl sites for hydroxylation is 2. The molecule has 0 aliphatic carbocycles. The lowest BCUT2D eigenvalue weighted by Gasteiger charge is -2.34. The number of halogens is 2. The molecule has 0 bridgehead atoms. The SMILES string of the molecule is Cc1nc(C)c(CN2CCN(Cc3nccn3C(F)F)CC2)s1. The Labute approximate surface area is 138 Å².